The number of aryl methyl sites for hydroxylation is 1. The van der Waals surface area contributed by atoms with Crippen molar-refractivity contribution in [1.82, 2.24) is 21.3 Å². The number of oxime groups is 1. The number of morpholine rings is 1. The first-order chi connectivity index (χ1) is 32.9. The van der Waals surface area contributed by atoms with E-state index in [1.807, 2.05) is 94.4 Å². The van der Waals surface area contributed by atoms with Gasteiger partial charge in [-0.25, -0.2) is 0 Å². The van der Waals surface area contributed by atoms with Gasteiger partial charge in [-0.15, -0.1) is 0 Å². The fourth-order valence-electron chi connectivity index (χ4n) is 8.21. The van der Waals surface area contributed by atoms with Gasteiger partial charge >= 0.3 is 5.97 Å². The van der Waals surface area contributed by atoms with E-state index in [1.165, 1.54) is 21.0 Å². The summed E-state index contributed by atoms with van der Waals surface area (Å²) in [6, 6.07) is 18.6. The third-order valence-electron chi connectivity index (χ3n) is 12.1. The minimum Gasteiger partial charge on any atom is -0.485 e. The number of esters is 1. The molecule has 2 saturated heterocycles. The van der Waals surface area contributed by atoms with E-state index in [0.717, 1.165) is 22.3 Å². The molecule has 4 amide bonds. The number of hydrogen-bond donors (Lipinski definition) is 4. The molecule has 17 heteroatoms. The fraction of sp³-hybridized carbons (Fsp3) is 0.519. The monoisotopic (exact) mass is 956 g/mol. The number of epoxide rings is 1. The zero-order valence-electron chi connectivity index (χ0n) is 41.3. The maximum atomic E-state index is 14.4. The van der Waals surface area contributed by atoms with Gasteiger partial charge in [0.15, 0.2) is 23.8 Å². The number of ketones is 1. The van der Waals surface area contributed by atoms with Crippen molar-refractivity contribution in [2.45, 2.75) is 117 Å². The molecule has 374 valence electrons. The van der Waals surface area contributed by atoms with E-state index < -0.39 is 53.5 Å². The highest BCUT2D eigenvalue weighted by atomic mass is 16.6. The van der Waals surface area contributed by atoms with E-state index in [-0.39, 0.29) is 61.9 Å². The lowest BCUT2D eigenvalue weighted by atomic mass is 9.93. The molecule has 4 N–H and O–H groups in total. The number of rotatable bonds is 26. The molecule has 2 aliphatic heterocycles. The number of nitrogens with one attached hydrogen (secondary N) is 4. The molecule has 2 heterocycles. The Morgan fingerprint density at radius 1 is 0.754 bits per heavy atom. The van der Waals surface area contributed by atoms with Gasteiger partial charge in [-0.3, -0.25) is 28.8 Å². The highest BCUT2D eigenvalue weighted by Crippen LogP contribution is 2.32. The summed E-state index contributed by atoms with van der Waals surface area (Å²) in [6.45, 7) is 15.0. The van der Waals surface area contributed by atoms with Gasteiger partial charge in [-0.05, 0) is 86.3 Å². The quantitative estimate of drug-likeness (QED) is 0.0219. The summed E-state index contributed by atoms with van der Waals surface area (Å²) in [4.78, 5) is 86.0. The molecule has 5 rings (SSSR count). The third kappa shape index (κ3) is 17.1. The van der Waals surface area contributed by atoms with Crippen LogP contribution in [-0.2, 0) is 62.7 Å². The molecule has 0 aromatic heterocycles. The SMILES string of the molecule is CO/N=C/c1ccc(COc2cc(C[N+]3(CC(=O)N[C@@H](CCc4ccccc4)C(=O)N[C@@H](CC(C)C)C(=O)N[C@@H](C)C(=O)N[C@@H](CC(C)C)C(=O)[C@@]4(C)CO4)CCOCC3)ccc2OC(C)=O)cc1. The second kappa shape index (κ2) is 25.4. The maximum absolute atomic E-state index is 14.4. The average Bonchev–Trinajstić information content (AvgIpc) is 4.07. The molecule has 2 aliphatic rings. The van der Waals surface area contributed by atoms with Gasteiger partial charge in [-0.1, -0.05) is 87.4 Å². The Kier molecular flexibility index (Phi) is 19.8. The summed E-state index contributed by atoms with van der Waals surface area (Å²) < 4.78 is 23.2. The Morgan fingerprint density at radius 2 is 1.38 bits per heavy atom. The molecule has 0 saturated carbocycles. The van der Waals surface area contributed by atoms with Crippen LogP contribution in [0.15, 0.2) is 78.0 Å². The van der Waals surface area contributed by atoms with E-state index in [9.17, 15) is 28.8 Å². The summed E-state index contributed by atoms with van der Waals surface area (Å²) in [6.07, 6.45) is 2.97. The Hall–Kier alpha value is -6.17. The Bertz CT molecular complexity index is 2240. The summed E-state index contributed by atoms with van der Waals surface area (Å²) in [5.41, 5.74) is 2.59. The van der Waals surface area contributed by atoms with E-state index >= 15 is 0 Å². The highest BCUT2D eigenvalue weighted by molar-refractivity contribution is 5.98. The molecule has 0 aliphatic carbocycles. The molecule has 0 unspecified atom stereocenters. The fourth-order valence-corrected chi connectivity index (χ4v) is 8.21. The van der Waals surface area contributed by atoms with E-state index in [4.69, 9.17) is 23.8 Å². The number of hydrogen-bond acceptors (Lipinski definition) is 12. The van der Waals surface area contributed by atoms with Crippen molar-refractivity contribution in [2.24, 2.45) is 17.0 Å². The number of carbonyl (C=O) groups is 6. The molecular formula is C52H71N6O11+. The first kappa shape index (κ1) is 53.8. The van der Waals surface area contributed by atoms with Gasteiger partial charge in [0.25, 0.3) is 5.91 Å². The standard InChI is InChI=1S/C52H70N6O11/c1-34(2)26-43(48(61)52(7)33-68-52)56-49(62)36(5)54-51(64)44(27-35(3)4)57-50(63)42(20-18-38-12-10-9-11-13-38)55-47(60)31-58(22-24-66-25-23-58)30-41-19-21-45(69-37(6)59)46(28-41)67-32-40-16-14-39(15-17-40)29-53-65-8/h9-17,19,21,28-29,34-36,42-44H,18,20,22-27,30-33H2,1-8H3,(H3-,54,55,56,57,60,62,63,64)/p+1/b53-29+/t36-,42-,43-,44-,52+/m0/s1. The van der Waals surface area contributed by atoms with Gasteiger partial charge < -0.3 is 49.5 Å². The Balaban J connectivity index is 1.30. The molecule has 3 aromatic rings. The number of carbonyl (C=O) groups excluding carboxylic acids is 6. The Morgan fingerprint density at radius 3 is 2.00 bits per heavy atom. The molecule has 2 fully saturated rings. The van der Waals surface area contributed by atoms with Crippen LogP contribution < -0.4 is 30.7 Å². The average molecular weight is 956 g/mol. The molecule has 0 spiro atoms. The summed E-state index contributed by atoms with van der Waals surface area (Å²) in [5, 5.41) is 15.3. The maximum Gasteiger partial charge on any atom is 0.308 e. The second-order valence-electron chi connectivity index (χ2n) is 19.2. The smallest absolute Gasteiger partial charge is 0.308 e. The van der Waals surface area contributed by atoms with Gasteiger partial charge in [0.1, 0.15) is 57.1 Å². The summed E-state index contributed by atoms with van der Waals surface area (Å²) in [5.74, 6) is -2.00. The van der Waals surface area contributed by atoms with Crippen molar-refractivity contribution in [3.05, 3.63) is 95.1 Å². The minimum absolute atomic E-state index is 0.0210. The molecule has 3 aromatic carbocycles. The van der Waals surface area contributed by atoms with Gasteiger partial charge in [0.05, 0.1) is 32.1 Å². The third-order valence-corrected chi connectivity index (χ3v) is 12.1. The normalized spacial score (nSPS) is 18.1. The summed E-state index contributed by atoms with van der Waals surface area (Å²) >= 11 is 0. The van der Waals surface area contributed by atoms with Crippen molar-refractivity contribution in [1.29, 1.82) is 0 Å². The molecule has 0 bridgehead atoms. The largest absolute Gasteiger partial charge is 0.485 e. The first-order valence-electron chi connectivity index (χ1n) is 23.8. The zero-order valence-corrected chi connectivity index (χ0v) is 41.3. The second-order valence-corrected chi connectivity index (χ2v) is 19.2. The molecule has 0 radical (unpaired) electrons. The number of quaternary nitrogens is 1. The topological polar surface area (TPSA) is 212 Å². The lowest BCUT2D eigenvalue weighted by Crippen LogP contribution is -2.61. The van der Waals surface area contributed by atoms with Crippen LogP contribution >= 0.6 is 0 Å². The lowest BCUT2D eigenvalue weighted by Gasteiger charge is -2.41. The van der Waals surface area contributed by atoms with E-state index in [1.54, 1.807) is 19.2 Å². The van der Waals surface area contributed by atoms with Crippen LogP contribution in [0.5, 0.6) is 11.5 Å². The number of amides is 4. The Labute approximate surface area is 405 Å². The number of Topliss-reactive ketones (excluding diaryl/α,β-unsaturated/α-hetero) is 1. The van der Waals surface area contributed by atoms with Crippen LogP contribution in [0.4, 0.5) is 0 Å². The van der Waals surface area contributed by atoms with Crippen LogP contribution in [0, 0.1) is 11.8 Å². The van der Waals surface area contributed by atoms with Crippen LogP contribution in [0.25, 0.3) is 0 Å². The van der Waals surface area contributed by atoms with Crippen molar-refractivity contribution in [3.8, 4) is 11.5 Å². The van der Waals surface area contributed by atoms with Crippen LogP contribution in [0.2, 0.25) is 0 Å². The van der Waals surface area contributed by atoms with Gasteiger partial charge in [0.2, 0.25) is 17.7 Å². The van der Waals surface area contributed by atoms with Crippen molar-refractivity contribution in [2.75, 3.05) is 46.6 Å². The minimum atomic E-state index is -1.03. The summed E-state index contributed by atoms with van der Waals surface area (Å²) in [7, 11) is 1.47. The predicted molar refractivity (Wildman–Crippen MR) is 259 cm³/mol. The predicted octanol–water partition coefficient (Wildman–Crippen LogP) is 4.56. The van der Waals surface area contributed by atoms with Crippen LogP contribution in [-0.4, -0.2) is 122 Å². The van der Waals surface area contributed by atoms with Crippen LogP contribution in [0.1, 0.15) is 90.0 Å². The van der Waals surface area contributed by atoms with Crippen LogP contribution in [0.3, 0.4) is 0 Å². The molecular weight excluding hydrogens is 885 g/mol. The van der Waals surface area contributed by atoms with Crippen molar-refractivity contribution in [3.63, 3.8) is 0 Å². The molecule has 69 heavy (non-hydrogen) atoms. The van der Waals surface area contributed by atoms with Gasteiger partial charge in [-0.2, -0.15) is 0 Å². The zero-order chi connectivity index (χ0) is 50.1. The van der Waals surface area contributed by atoms with E-state index in [2.05, 4.69) is 26.4 Å². The molecule has 5 atom stereocenters. The van der Waals surface area contributed by atoms with Crippen molar-refractivity contribution >= 4 is 41.6 Å². The van der Waals surface area contributed by atoms with E-state index in [0.29, 0.717) is 55.9 Å². The first-order valence-corrected chi connectivity index (χ1v) is 23.8. The van der Waals surface area contributed by atoms with Gasteiger partial charge in [0, 0.05) is 12.5 Å². The number of ether oxygens (including phenoxy) is 4. The number of benzene rings is 3. The highest BCUT2D eigenvalue weighted by Gasteiger charge is 2.50. The molecule has 17 nitrogen and oxygen atoms in total. The number of nitrogens with zero attached hydrogens (tertiary/aromatic N) is 2. The van der Waals surface area contributed by atoms with Crippen molar-refractivity contribution < 1.29 is 57.0 Å². The lowest BCUT2D eigenvalue weighted by molar-refractivity contribution is -0.940.